The SMILES string of the molecule is FC(F)(F)c1cc(-c2n[nH]c3ccnc(NC(C4CC4)C4CC4)c23)ncn1. The number of aromatic amines is 1. The number of aromatic nitrogens is 5. The van der Waals surface area contributed by atoms with Gasteiger partial charge in [0, 0.05) is 12.2 Å². The summed E-state index contributed by atoms with van der Waals surface area (Å²) < 4.78 is 39.1. The van der Waals surface area contributed by atoms with Crippen LogP contribution in [0.2, 0.25) is 0 Å². The molecule has 0 radical (unpaired) electrons. The van der Waals surface area contributed by atoms with E-state index in [9.17, 15) is 13.2 Å². The number of rotatable bonds is 5. The third-order valence-electron chi connectivity index (χ3n) is 5.24. The molecule has 3 aromatic rings. The molecule has 6 nitrogen and oxygen atoms in total. The molecule has 9 heteroatoms. The van der Waals surface area contributed by atoms with Gasteiger partial charge in [0.15, 0.2) is 0 Å². The summed E-state index contributed by atoms with van der Waals surface area (Å²) in [5.41, 5.74) is 0.184. The minimum atomic E-state index is -4.54. The Bertz CT molecular complexity index is 978. The van der Waals surface area contributed by atoms with Crippen LogP contribution in [0.25, 0.3) is 22.3 Å². The maximum Gasteiger partial charge on any atom is 0.433 e. The standard InChI is InChI=1S/C18H17F3N6/c19-18(20,21)13-7-12(23-8-24-13)16-14-11(26-27-16)5-6-22-17(14)25-15(9-1-2-9)10-3-4-10/h5-10,15H,1-4H2,(H,22,25)(H,26,27). The molecule has 0 saturated heterocycles. The van der Waals surface area contributed by atoms with Crippen LogP contribution in [0.5, 0.6) is 0 Å². The Morgan fingerprint density at radius 3 is 2.48 bits per heavy atom. The van der Waals surface area contributed by atoms with Crippen molar-refractivity contribution in [2.45, 2.75) is 37.9 Å². The number of hydrogen-bond acceptors (Lipinski definition) is 5. The molecule has 0 unspecified atom stereocenters. The quantitative estimate of drug-likeness (QED) is 0.705. The van der Waals surface area contributed by atoms with Crippen molar-refractivity contribution >= 4 is 16.7 Å². The molecule has 0 bridgehead atoms. The monoisotopic (exact) mass is 374 g/mol. The molecule has 2 aliphatic rings. The fourth-order valence-electron chi connectivity index (χ4n) is 3.59. The first-order valence-corrected chi connectivity index (χ1v) is 9.00. The molecular formula is C18H17F3N6. The van der Waals surface area contributed by atoms with E-state index >= 15 is 0 Å². The number of H-pyrrole nitrogens is 1. The second kappa shape index (κ2) is 5.90. The highest BCUT2D eigenvalue weighted by atomic mass is 19.4. The van der Waals surface area contributed by atoms with Crippen molar-refractivity contribution < 1.29 is 13.2 Å². The summed E-state index contributed by atoms with van der Waals surface area (Å²) in [6.45, 7) is 0. The van der Waals surface area contributed by atoms with Gasteiger partial charge in [-0.3, -0.25) is 5.10 Å². The first-order valence-electron chi connectivity index (χ1n) is 9.00. The van der Waals surface area contributed by atoms with E-state index in [1.165, 1.54) is 25.7 Å². The van der Waals surface area contributed by atoms with E-state index in [2.05, 4.69) is 30.5 Å². The number of fused-ring (bicyclic) bond motifs is 1. The highest BCUT2D eigenvalue weighted by Crippen LogP contribution is 2.46. The third kappa shape index (κ3) is 3.11. The number of anilines is 1. The molecule has 27 heavy (non-hydrogen) atoms. The first-order chi connectivity index (χ1) is 13.0. The molecule has 3 aromatic heterocycles. The Hall–Kier alpha value is -2.71. The van der Waals surface area contributed by atoms with Crippen molar-refractivity contribution in [2.24, 2.45) is 11.8 Å². The Morgan fingerprint density at radius 2 is 1.81 bits per heavy atom. The van der Waals surface area contributed by atoms with Crippen molar-refractivity contribution in [2.75, 3.05) is 5.32 Å². The summed E-state index contributed by atoms with van der Waals surface area (Å²) in [5, 5.41) is 11.3. The summed E-state index contributed by atoms with van der Waals surface area (Å²) in [6.07, 6.45) is 2.90. The number of halogens is 3. The molecule has 140 valence electrons. The van der Waals surface area contributed by atoms with E-state index < -0.39 is 11.9 Å². The van der Waals surface area contributed by atoms with Gasteiger partial charge in [-0.05, 0) is 49.7 Å². The van der Waals surface area contributed by atoms with Crippen molar-refractivity contribution in [3.05, 3.63) is 30.4 Å². The highest BCUT2D eigenvalue weighted by molar-refractivity contribution is 5.99. The summed E-state index contributed by atoms with van der Waals surface area (Å²) in [6, 6.07) is 3.04. The predicted molar refractivity (Wildman–Crippen MR) is 92.8 cm³/mol. The number of alkyl halides is 3. The number of hydrogen-bond donors (Lipinski definition) is 2. The van der Waals surface area contributed by atoms with Gasteiger partial charge in [0.25, 0.3) is 0 Å². The van der Waals surface area contributed by atoms with Crippen LogP contribution in [0.15, 0.2) is 24.7 Å². The molecule has 0 atom stereocenters. The average molecular weight is 374 g/mol. The number of nitrogens with one attached hydrogen (secondary N) is 2. The smallest absolute Gasteiger partial charge is 0.366 e. The predicted octanol–water partition coefficient (Wildman–Crippen LogP) is 4.03. The molecule has 0 aromatic carbocycles. The molecule has 3 heterocycles. The zero-order valence-electron chi connectivity index (χ0n) is 14.3. The molecule has 2 saturated carbocycles. The van der Waals surface area contributed by atoms with Crippen LogP contribution in [0, 0.1) is 11.8 Å². The summed E-state index contributed by atoms with van der Waals surface area (Å²) in [5.74, 6) is 1.95. The second-order valence-electron chi connectivity index (χ2n) is 7.29. The van der Waals surface area contributed by atoms with Gasteiger partial charge < -0.3 is 5.32 Å². The molecule has 0 spiro atoms. The average Bonchev–Trinajstić information content (AvgIpc) is 3.57. The lowest BCUT2D eigenvalue weighted by Crippen LogP contribution is -2.24. The van der Waals surface area contributed by atoms with E-state index in [-0.39, 0.29) is 5.69 Å². The fourth-order valence-corrected chi connectivity index (χ4v) is 3.59. The summed E-state index contributed by atoms with van der Waals surface area (Å²) in [4.78, 5) is 11.8. The Labute approximate surface area is 152 Å². The minimum absolute atomic E-state index is 0.119. The molecule has 2 aliphatic carbocycles. The normalized spacial score (nSPS) is 17.6. The Morgan fingerprint density at radius 1 is 1.07 bits per heavy atom. The van der Waals surface area contributed by atoms with E-state index in [4.69, 9.17) is 0 Å². The number of pyridine rings is 1. The maximum atomic E-state index is 13.0. The van der Waals surface area contributed by atoms with Gasteiger partial charge in [-0.15, -0.1) is 0 Å². The molecule has 0 amide bonds. The van der Waals surface area contributed by atoms with Crippen molar-refractivity contribution in [1.29, 1.82) is 0 Å². The summed E-state index contributed by atoms with van der Waals surface area (Å²) >= 11 is 0. The van der Waals surface area contributed by atoms with Gasteiger partial charge in [-0.1, -0.05) is 0 Å². The van der Waals surface area contributed by atoms with Crippen molar-refractivity contribution in [3.63, 3.8) is 0 Å². The van der Waals surface area contributed by atoms with E-state index in [1.807, 2.05) is 0 Å². The van der Waals surface area contributed by atoms with Crippen LogP contribution in [0.4, 0.5) is 19.0 Å². The van der Waals surface area contributed by atoms with Crippen LogP contribution in [0.1, 0.15) is 31.4 Å². The number of nitrogens with zero attached hydrogens (tertiary/aromatic N) is 4. The van der Waals surface area contributed by atoms with E-state index in [0.717, 1.165) is 12.4 Å². The van der Waals surface area contributed by atoms with Crippen LogP contribution in [-0.2, 0) is 6.18 Å². The van der Waals surface area contributed by atoms with Crippen LogP contribution in [-0.4, -0.2) is 31.2 Å². The summed E-state index contributed by atoms with van der Waals surface area (Å²) in [7, 11) is 0. The van der Waals surface area contributed by atoms with E-state index in [1.54, 1.807) is 12.3 Å². The Kier molecular flexibility index (Phi) is 3.60. The molecule has 2 fully saturated rings. The topological polar surface area (TPSA) is 79.4 Å². The fraction of sp³-hybridized carbons (Fsp3) is 0.444. The molecule has 0 aliphatic heterocycles. The van der Waals surface area contributed by atoms with Crippen LogP contribution < -0.4 is 5.32 Å². The molecular weight excluding hydrogens is 357 g/mol. The van der Waals surface area contributed by atoms with Gasteiger partial charge in [-0.2, -0.15) is 18.3 Å². The second-order valence-corrected chi connectivity index (χ2v) is 7.29. The lowest BCUT2D eigenvalue weighted by atomic mass is 10.1. The van der Waals surface area contributed by atoms with Gasteiger partial charge in [-0.25, -0.2) is 15.0 Å². The van der Waals surface area contributed by atoms with Gasteiger partial charge in [0.1, 0.15) is 23.5 Å². The highest BCUT2D eigenvalue weighted by Gasteiger charge is 2.42. The third-order valence-corrected chi connectivity index (χ3v) is 5.24. The first kappa shape index (κ1) is 16.5. The van der Waals surface area contributed by atoms with Gasteiger partial charge in [0.2, 0.25) is 0 Å². The van der Waals surface area contributed by atoms with Crippen LogP contribution >= 0.6 is 0 Å². The lowest BCUT2D eigenvalue weighted by molar-refractivity contribution is -0.141. The lowest BCUT2D eigenvalue weighted by Gasteiger charge is -2.19. The van der Waals surface area contributed by atoms with Crippen LogP contribution in [0.3, 0.4) is 0 Å². The zero-order chi connectivity index (χ0) is 18.6. The zero-order valence-corrected chi connectivity index (χ0v) is 14.3. The largest absolute Gasteiger partial charge is 0.433 e. The van der Waals surface area contributed by atoms with Gasteiger partial charge in [0.05, 0.1) is 16.6 Å². The molecule has 2 N–H and O–H groups in total. The maximum absolute atomic E-state index is 13.0. The van der Waals surface area contributed by atoms with Crippen molar-refractivity contribution in [3.8, 4) is 11.4 Å². The minimum Gasteiger partial charge on any atom is -0.366 e. The van der Waals surface area contributed by atoms with E-state index in [0.29, 0.717) is 40.3 Å². The Balaban J connectivity index is 1.58. The molecule has 5 rings (SSSR count). The van der Waals surface area contributed by atoms with Gasteiger partial charge >= 0.3 is 6.18 Å². The van der Waals surface area contributed by atoms with Crippen molar-refractivity contribution in [1.82, 2.24) is 25.1 Å².